The molecule has 20 heavy (non-hydrogen) atoms. The predicted molar refractivity (Wildman–Crippen MR) is 89.6 cm³/mol. The van der Waals surface area contributed by atoms with Crippen LogP contribution in [0.15, 0.2) is 12.3 Å². The largest absolute Gasteiger partial charge is 0.371 e. The van der Waals surface area contributed by atoms with Gasteiger partial charge in [-0.05, 0) is 44.4 Å². The molecule has 2 nitrogen and oxygen atoms in total. The lowest BCUT2D eigenvalue weighted by atomic mass is 9.85. The van der Waals surface area contributed by atoms with Crippen LogP contribution in [0.2, 0.25) is 0 Å². The Hall–Kier alpha value is -0.500. The number of rotatable bonds is 9. The standard InChI is InChI=1S/C18H36N2/c1-6-7-8-11-17(13-14(2)3)18(19)16(5)20-12-9-10-15(20)4/h14-15,17-18H,5-13,19H2,1-4H3. The third kappa shape index (κ3) is 5.12. The topological polar surface area (TPSA) is 29.3 Å². The Morgan fingerprint density at radius 2 is 2.05 bits per heavy atom. The van der Waals surface area contributed by atoms with Crippen LogP contribution in [-0.4, -0.2) is 23.5 Å². The molecule has 0 radical (unpaired) electrons. The molecule has 1 heterocycles. The fraction of sp³-hybridized carbons (Fsp3) is 0.889. The summed E-state index contributed by atoms with van der Waals surface area (Å²) >= 11 is 0. The lowest BCUT2D eigenvalue weighted by Crippen LogP contribution is -2.41. The van der Waals surface area contributed by atoms with Crippen molar-refractivity contribution in [2.24, 2.45) is 17.6 Å². The van der Waals surface area contributed by atoms with Crippen molar-refractivity contribution in [1.29, 1.82) is 0 Å². The van der Waals surface area contributed by atoms with E-state index in [0.717, 1.165) is 12.5 Å². The number of nitrogens with two attached hydrogens (primary N) is 1. The normalized spacial score (nSPS) is 22.3. The summed E-state index contributed by atoms with van der Waals surface area (Å²) in [6, 6.07) is 0.777. The van der Waals surface area contributed by atoms with Crippen molar-refractivity contribution >= 4 is 0 Å². The lowest BCUT2D eigenvalue weighted by Gasteiger charge is -2.34. The van der Waals surface area contributed by atoms with Gasteiger partial charge in [0.1, 0.15) is 0 Å². The number of hydrogen-bond donors (Lipinski definition) is 1. The van der Waals surface area contributed by atoms with Crippen molar-refractivity contribution in [3.05, 3.63) is 12.3 Å². The monoisotopic (exact) mass is 280 g/mol. The molecule has 2 N–H and O–H groups in total. The second-order valence-corrected chi connectivity index (χ2v) is 7.09. The Morgan fingerprint density at radius 1 is 1.35 bits per heavy atom. The van der Waals surface area contributed by atoms with E-state index < -0.39 is 0 Å². The van der Waals surface area contributed by atoms with E-state index in [0.29, 0.717) is 12.0 Å². The fourth-order valence-corrected chi connectivity index (χ4v) is 3.53. The molecule has 1 aliphatic heterocycles. The third-order valence-electron chi connectivity index (χ3n) is 4.77. The van der Waals surface area contributed by atoms with E-state index in [1.165, 1.54) is 50.6 Å². The molecule has 1 saturated heterocycles. The second kappa shape index (κ2) is 8.71. The molecule has 0 amide bonds. The van der Waals surface area contributed by atoms with Crippen LogP contribution in [0, 0.1) is 11.8 Å². The van der Waals surface area contributed by atoms with Crippen LogP contribution < -0.4 is 5.73 Å². The van der Waals surface area contributed by atoms with Gasteiger partial charge in [0.05, 0.1) is 0 Å². The van der Waals surface area contributed by atoms with Gasteiger partial charge in [0.25, 0.3) is 0 Å². The third-order valence-corrected chi connectivity index (χ3v) is 4.77. The van der Waals surface area contributed by atoms with Crippen molar-refractivity contribution in [2.45, 2.75) is 84.7 Å². The summed E-state index contributed by atoms with van der Waals surface area (Å²) in [7, 11) is 0. The molecule has 1 aliphatic rings. The van der Waals surface area contributed by atoms with Gasteiger partial charge in [-0.3, -0.25) is 0 Å². The molecule has 0 spiro atoms. The Labute approximate surface area is 126 Å². The van der Waals surface area contributed by atoms with Crippen LogP contribution in [0.25, 0.3) is 0 Å². The predicted octanol–water partition coefficient (Wildman–Crippen LogP) is 4.55. The van der Waals surface area contributed by atoms with Crippen LogP contribution in [0.1, 0.15) is 72.6 Å². The highest BCUT2D eigenvalue weighted by molar-refractivity contribution is 5.09. The van der Waals surface area contributed by atoms with Crippen LogP contribution in [-0.2, 0) is 0 Å². The molecule has 0 aliphatic carbocycles. The molecule has 0 aromatic heterocycles. The quantitative estimate of drug-likeness (QED) is 0.628. The van der Waals surface area contributed by atoms with Crippen molar-refractivity contribution in [1.82, 2.24) is 4.90 Å². The smallest absolute Gasteiger partial charge is 0.0469 e. The average Bonchev–Trinajstić information content (AvgIpc) is 2.82. The molecular weight excluding hydrogens is 244 g/mol. The van der Waals surface area contributed by atoms with E-state index in [9.17, 15) is 0 Å². The second-order valence-electron chi connectivity index (χ2n) is 7.09. The first-order valence-electron chi connectivity index (χ1n) is 8.68. The SMILES string of the molecule is C=C(C(N)C(CCCCC)CC(C)C)N1CCCC1C. The molecule has 118 valence electrons. The molecule has 1 fully saturated rings. The van der Waals surface area contributed by atoms with Crippen LogP contribution in [0.4, 0.5) is 0 Å². The number of hydrogen-bond acceptors (Lipinski definition) is 2. The number of likely N-dealkylation sites (tertiary alicyclic amines) is 1. The summed E-state index contributed by atoms with van der Waals surface area (Å²) in [6.45, 7) is 14.7. The summed E-state index contributed by atoms with van der Waals surface area (Å²) in [5.41, 5.74) is 7.78. The van der Waals surface area contributed by atoms with Crippen molar-refractivity contribution in [2.75, 3.05) is 6.54 Å². The van der Waals surface area contributed by atoms with Gasteiger partial charge in [0.15, 0.2) is 0 Å². The van der Waals surface area contributed by atoms with Crippen molar-refractivity contribution in [3.63, 3.8) is 0 Å². The minimum absolute atomic E-state index is 0.148. The summed E-state index contributed by atoms with van der Waals surface area (Å²) in [4.78, 5) is 2.46. The Bertz CT molecular complexity index is 285. The molecule has 3 unspecified atom stereocenters. The first-order valence-corrected chi connectivity index (χ1v) is 8.68. The summed E-state index contributed by atoms with van der Waals surface area (Å²) in [5.74, 6) is 1.32. The van der Waals surface area contributed by atoms with E-state index in [2.05, 4.69) is 39.2 Å². The van der Waals surface area contributed by atoms with E-state index in [-0.39, 0.29) is 6.04 Å². The Balaban J connectivity index is 2.60. The van der Waals surface area contributed by atoms with Gasteiger partial charge in [0.2, 0.25) is 0 Å². The molecule has 0 aromatic rings. The number of nitrogens with zero attached hydrogens (tertiary/aromatic N) is 1. The Morgan fingerprint density at radius 3 is 2.55 bits per heavy atom. The minimum Gasteiger partial charge on any atom is -0.371 e. The zero-order valence-corrected chi connectivity index (χ0v) is 14.2. The fourth-order valence-electron chi connectivity index (χ4n) is 3.53. The zero-order valence-electron chi connectivity index (χ0n) is 14.2. The Kier molecular flexibility index (Phi) is 7.65. The minimum atomic E-state index is 0.148. The van der Waals surface area contributed by atoms with Gasteiger partial charge in [-0.15, -0.1) is 0 Å². The average molecular weight is 280 g/mol. The van der Waals surface area contributed by atoms with Gasteiger partial charge in [0, 0.05) is 24.3 Å². The van der Waals surface area contributed by atoms with Gasteiger partial charge in [-0.25, -0.2) is 0 Å². The zero-order chi connectivity index (χ0) is 15.1. The van der Waals surface area contributed by atoms with Gasteiger partial charge < -0.3 is 10.6 Å². The molecule has 0 saturated carbocycles. The first-order chi connectivity index (χ1) is 9.47. The molecule has 1 rings (SSSR count). The highest BCUT2D eigenvalue weighted by Gasteiger charge is 2.28. The van der Waals surface area contributed by atoms with E-state index in [4.69, 9.17) is 5.73 Å². The van der Waals surface area contributed by atoms with Crippen LogP contribution in [0.3, 0.4) is 0 Å². The van der Waals surface area contributed by atoms with Crippen LogP contribution >= 0.6 is 0 Å². The molecule has 2 heteroatoms. The molecule has 3 atom stereocenters. The molecule has 0 bridgehead atoms. The van der Waals surface area contributed by atoms with E-state index in [1.54, 1.807) is 0 Å². The summed E-state index contributed by atoms with van der Waals surface area (Å²) < 4.78 is 0. The van der Waals surface area contributed by atoms with Gasteiger partial charge in [-0.2, -0.15) is 0 Å². The first kappa shape index (κ1) is 17.6. The summed E-state index contributed by atoms with van der Waals surface area (Å²) in [6.07, 6.45) is 8.99. The van der Waals surface area contributed by atoms with Crippen molar-refractivity contribution in [3.8, 4) is 0 Å². The number of unbranched alkanes of at least 4 members (excludes halogenated alkanes) is 2. The summed E-state index contributed by atoms with van der Waals surface area (Å²) in [5, 5.41) is 0. The van der Waals surface area contributed by atoms with Crippen LogP contribution in [0.5, 0.6) is 0 Å². The molecular formula is C18H36N2. The highest BCUT2D eigenvalue weighted by atomic mass is 15.2. The van der Waals surface area contributed by atoms with E-state index >= 15 is 0 Å². The van der Waals surface area contributed by atoms with Crippen molar-refractivity contribution < 1.29 is 0 Å². The molecule has 0 aromatic carbocycles. The van der Waals surface area contributed by atoms with Gasteiger partial charge in [-0.1, -0.05) is 46.6 Å². The van der Waals surface area contributed by atoms with E-state index in [1.807, 2.05) is 0 Å². The lowest BCUT2D eigenvalue weighted by molar-refractivity contribution is 0.263. The maximum atomic E-state index is 6.59. The maximum absolute atomic E-state index is 6.59. The van der Waals surface area contributed by atoms with Gasteiger partial charge >= 0.3 is 0 Å². The highest BCUT2D eigenvalue weighted by Crippen LogP contribution is 2.29. The maximum Gasteiger partial charge on any atom is 0.0469 e.